The van der Waals surface area contributed by atoms with E-state index in [1.807, 2.05) is 60.0 Å². The van der Waals surface area contributed by atoms with E-state index in [-0.39, 0.29) is 24.0 Å². The Bertz CT molecular complexity index is 1280. The van der Waals surface area contributed by atoms with E-state index in [9.17, 15) is 9.18 Å². The Morgan fingerprint density at radius 3 is 2.40 bits per heavy atom. The van der Waals surface area contributed by atoms with Gasteiger partial charge in [0, 0.05) is 10.2 Å². The highest BCUT2D eigenvalue weighted by molar-refractivity contribution is 9.10. The molecule has 1 N–H and O–H groups in total. The molecule has 3 aromatic carbocycles. The van der Waals surface area contributed by atoms with Crippen LogP contribution < -0.4 is 14.8 Å². The second kappa shape index (κ2) is 11.9. The predicted molar refractivity (Wildman–Crippen MR) is 137 cm³/mol. The number of nitrogens with zero attached hydrogens (tertiary/aromatic N) is 3. The average molecular weight is 557 g/mol. The Morgan fingerprint density at radius 2 is 1.69 bits per heavy atom. The number of hydrogen-bond acceptors (Lipinski definition) is 6. The molecule has 4 aromatic rings. The number of nitrogens with one attached hydrogen (secondary N) is 1. The molecule has 0 aliphatic rings. The predicted octanol–water partition coefficient (Wildman–Crippen LogP) is 5.88. The minimum Gasteiger partial charge on any atom is -0.494 e. The third-order valence-corrected chi connectivity index (χ3v) is 6.23. The number of para-hydroxylation sites is 1. The number of halogens is 2. The summed E-state index contributed by atoms with van der Waals surface area (Å²) < 4.78 is 28.1. The Kier molecular flexibility index (Phi) is 8.38. The second-order valence-electron chi connectivity index (χ2n) is 7.22. The number of thioether (sulfide) groups is 1. The van der Waals surface area contributed by atoms with Gasteiger partial charge in [0.15, 0.2) is 11.0 Å². The topological polar surface area (TPSA) is 78.3 Å². The highest BCUT2D eigenvalue weighted by Crippen LogP contribution is 2.25. The van der Waals surface area contributed by atoms with Crippen molar-refractivity contribution in [1.82, 2.24) is 14.8 Å². The van der Waals surface area contributed by atoms with E-state index in [2.05, 4.69) is 31.4 Å². The zero-order chi connectivity index (χ0) is 24.6. The first-order valence-corrected chi connectivity index (χ1v) is 12.5. The van der Waals surface area contributed by atoms with Crippen molar-refractivity contribution in [3.05, 3.63) is 88.9 Å². The highest BCUT2D eigenvalue weighted by Gasteiger charge is 2.17. The minimum atomic E-state index is -0.490. The standard InChI is InChI=1S/C25H22BrFN4O3S/c1-2-33-19-13-9-18(10-14-19)31-23(15-34-20-11-7-17(26)8-12-20)29-30-25(31)35-16-24(32)28-22-6-4-3-5-21(22)27/h3-14H,2,15-16H2,1H3,(H,28,32). The first kappa shape index (κ1) is 24.7. The van der Waals surface area contributed by atoms with Crippen LogP contribution in [-0.2, 0) is 11.4 Å². The van der Waals surface area contributed by atoms with Crippen LogP contribution in [0.25, 0.3) is 5.69 Å². The molecule has 0 spiro atoms. The van der Waals surface area contributed by atoms with Crippen LogP contribution in [0, 0.1) is 5.82 Å². The number of aromatic nitrogens is 3. The fourth-order valence-electron chi connectivity index (χ4n) is 3.16. The lowest BCUT2D eigenvalue weighted by Gasteiger charge is -2.12. The molecule has 0 saturated heterocycles. The molecule has 0 unspecified atom stereocenters. The van der Waals surface area contributed by atoms with Crippen LogP contribution in [-0.4, -0.2) is 33.0 Å². The number of amides is 1. The van der Waals surface area contributed by atoms with Gasteiger partial charge in [0.1, 0.15) is 23.9 Å². The SMILES string of the molecule is CCOc1ccc(-n2c(COc3ccc(Br)cc3)nnc2SCC(=O)Nc2ccccc2F)cc1. The van der Waals surface area contributed by atoms with Crippen molar-refractivity contribution >= 4 is 39.3 Å². The fraction of sp³-hybridized carbons (Fsp3) is 0.160. The molecule has 0 fully saturated rings. The van der Waals surface area contributed by atoms with E-state index >= 15 is 0 Å². The minimum absolute atomic E-state index is 0.0249. The smallest absolute Gasteiger partial charge is 0.234 e. The van der Waals surface area contributed by atoms with Crippen molar-refractivity contribution in [1.29, 1.82) is 0 Å². The van der Waals surface area contributed by atoms with Gasteiger partial charge < -0.3 is 14.8 Å². The van der Waals surface area contributed by atoms with Crippen molar-refractivity contribution in [3.63, 3.8) is 0 Å². The van der Waals surface area contributed by atoms with Crippen LogP contribution in [0.4, 0.5) is 10.1 Å². The molecule has 7 nitrogen and oxygen atoms in total. The summed E-state index contributed by atoms with van der Waals surface area (Å²) in [7, 11) is 0. The van der Waals surface area contributed by atoms with Gasteiger partial charge in [-0.3, -0.25) is 9.36 Å². The van der Waals surface area contributed by atoms with E-state index in [0.29, 0.717) is 23.3 Å². The van der Waals surface area contributed by atoms with E-state index in [1.165, 1.54) is 23.9 Å². The molecule has 1 amide bonds. The Balaban J connectivity index is 1.53. The Hall–Kier alpha value is -3.37. The van der Waals surface area contributed by atoms with E-state index in [1.54, 1.807) is 12.1 Å². The molecule has 0 aliphatic heterocycles. The molecule has 35 heavy (non-hydrogen) atoms. The number of benzene rings is 3. The maximum absolute atomic E-state index is 13.9. The number of carbonyl (C=O) groups is 1. The van der Waals surface area contributed by atoms with Gasteiger partial charge in [-0.15, -0.1) is 10.2 Å². The summed E-state index contributed by atoms with van der Waals surface area (Å²) in [5.41, 5.74) is 0.930. The van der Waals surface area contributed by atoms with E-state index in [4.69, 9.17) is 9.47 Å². The number of carbonyl (C=O) groups excluding carboxylic acids is 1. The van der Waals surface area contributed by atoms with E-state index in [0.717, 1.165) is 15.9 Å². The van der Waals surface area contributed by atoms with Crippen molar-refractivity contribution in [2.45, 2.75) is 18.7 Å². The Morgan fingerprint density at radius 1 is 1.00 bits per heavy atom. The van der Waals surface area contributed by atoms with Crippen molar-refractivity contribution in [2.75, 3.05) is 17.7 Å². The number of rotatable bonds is 10. The zero-order valence-corrected chi connectivity index (χ0v) is 21.2. The summed E-state index contributed by atoms with van der Waals surface area (Å²) in [6.45, 7) is 2.66. The molecule has 10 heteroatoms. The van der Waals surface area contributed by atoms with Crippen LogP contribution >= 0.6 is 27.7 Å². The van der Waals surface area contributed by atoms with Gasteiger partial charge in [-0.05, 0) is 67.6 Å². The molecule has 1 heterocycles. The summed E-state index contributed by atoms with van der Waals surface area (Å²) in [4.78, 5) is 12.4. The lowest BCUT2D eigenvalue weighted by Crippen LogP contribution is -2.15. The zero-order valence-electron chi connectivity index (χ0n) is 18.8. The molecule has 0 bridgehead atoms. The third kappa shape index (κ3) is 6.61. The maximum Gasteiger partial charge on any atom is 0.234 e. The van der Waals surface area contributed by atoms with Gasteiger partial charge in [0.25, 0.3) is 0 Å². The second-order valence-corrected chi connectivity index (χ2v) is 9.08. The quantitative estimate of drug-likeness (QED) is 0.246. The van der Waals surface area contributed by atoms with Crippen LogP contribution in [0.2, 0.25) is 0 Å². The highest BCUT2D eigenvalue weighted by atomic mass is 79.9. The number of anilines is 1. The molecular formula is C25H22BrFN4O3S. The van der Waals surface area contributed by atoms with Gasteiger partial charge >= 0.3 is 0 Å². The van der Waals surface area contributed by atoms with E-state index < -0.39 is 5.82 Å². The molecule has 1 aromatic heterocycles. The molecular weight excluding hydrogens is 535 g/mol. The van der Waals surface area contributed by atoms with Gasteiger partial charge in [-0.1, -0.05) is 39.8 Å². The summed E-state index contributed by atoms with van der Waals surface area (Å²) in [6, 6.07) is 21.0. The van der Waals surface area contributed by atoms with Gasteiger partial charge in [0.05, 0.1) is 18.0 Å². The van der Waals surface area contributed by atoms with Crippen LogP contribution in [0.3, 0.4) is 0 Å². The molecule has 0 radical (unpaired) electrons. The Labute approximate surface area is 214 Å². The largest absolute Gasteiger partial charge is 0.494 e. The summed E-state index contributed by atoms with van der Waals surface area (Å²) >= 11 is 4.60. The summed E-state index contributed by atoms with van der Waals surface area (Å²) in [5, 5.41) is 11.7. The third-order valence-electron chi connectivity index (χ3n) is 4.77. The van der Waals surface area contributed by atoms with Crippen LogP contribution in [0.15, 0.2) is 82.4 Å². The normalized spacial score (nSPS) is 10.7. The first-order chi connectivity index (χ1) is 17.0. The molecule has 0 atom stereocenters. The lowest BCUT2D eigenvalue weighted by molar-refractivity contribution is -0.113. The summed E-state index contributed by atoms with van der Waals surface area (Å²) in [5.74, 6) is 1.18. The van der Waals surface area contributed by atoms with Crippen LogP contribution in [0.5, 0.6) is 11.5 Å². The van der Waals surface area contributed by atoms with Crippen molar-refractivity contribution in [2.24, 2.45) is 0 Å². The first-order valence-electron chi connectivity index (χ1n) is 10.8. The average Bonchev–Trinajstić information content (AvgIpc) is 3.27. The van der Waals surface area contributed by atoms with Crippen molar-refractivity contribution in [3.8, 4) is 17.2 Å². The maximum atomic E-state index is 13.9. The fourth-order valence-corrected chi connectivity index (χ4v) is 4.20. The molecule has 4 rings (SSSR count). The van der Waals surface area contributed by atoms with Gasteiger partial charge in [-0.2, -0.15) is 0 Å². The molecule has 180 valence electrons. The number of hydrogen-bond donors (Lipinski definition) is 1. The molecule has 0 saturated carbocycles. The van der Waals surface area contributed by atoms with Crippen LogP contribution in [0.1, 0.15) is 12.7 Å². The van der Waals surface area contributed by atoms with Gasteiger partial charge in [-0.25, -0.2) is 4.39 Å². The summed E-state index contributed by atoms with van der Waals surface area (Å²) in [6.07, 6.45) is 0. The van der Waals surface area contributed by atoms with Gasteiger partial charge in [0.2, 0.25) is 5.91 Å². The van der Waals surface area contributed by atoms with Crippen molar-refractivity contribution < 1.29 is 18.7 Å². The number of ether oxygens (including phenoxy) is 2. The lowest BCUT2D eigenvalue weighted by atomic mass is 10.3. The molecule has 0 aliphatic carbocycles. The monoisotopic (exact) mass is 556 g/mol.